The largest absolute Gasteiger partial charge is 0.436 e. The van der Waals surface area contributed by atoms with Crippen LogP contribution in [0.25, 0.3) is 0 Å². The minimum Gasteiger partial charge on any atom is -0.436 e. The summed E-state index contributed by atoms with van der Waals surface area (Å²) in [5.41, 5.74) is 0. The Bertz CT molecular complexity index is 590. The van der Waals surface area contributed by atoms with Crippen LogP contribution < -0.4 is 4.90 Å². The van der Waals surface area contributed by atoms with E-state index < -0.39 is 0 Å². The molecule has 1 fully saturated rings. The lowest BCUT2D eigenvalue weighted by atomic mass is 10.3. The van der Waals surface area contributed by atoms with Crippen LogP contribution in [-0.4, -0.2) is 51.9 Å². The van der Waals surface area contributed by atoms with E-state index in [4.69, 9.17) is 4.42 Å². The van der Waals surface area contributed by atoms with E-state index in [2.05, 4.69) is 19.9 Å². The highest BCUT2D eigenvalue weighted by Gasteiger charge is 2.25. The number of rotatable bonds is 2. The molecule has 1 amide bonds. The van der Waals surface area contributed by atoms with Crippen molar-refractivity contribution >= 4 is 11.9 Å². The van der Waals surface area contributed by atoms with Crippen molar-refractivity contribution in [1.82, 2.24) is 19.9 Å². The van der Waals surface area contributed by atoms with E-state index >= 15 is 0 Å². The SMILES string of the molecule is Cc1ncc(C(=O)N2CCN(c3ncccn3)CC2)o1. The quantitative estimate of drug-likeness (QED) is 0.803. The Kier molecular flexibility index (Phi) is 3.32. The van der Waals surface area contributed by atoms with Gasteiger partial charge in [-0.2, -0.15) is 0 Å². The molecule has 1 saturated heterocycles. The van der Waals surface area contributed by atoms with Crippen molar-refractivity contribution in [3.63, 3.8) is 0 Å². The van der Waals surface area contributed by atoms with Gasteiger partial charge < -0.3 is 14.2 Å². The highest BCUT2D eigenvalue weighted by molar-refractivity contribution is 5.91. The lowest BCUT2D eigenvalue weighted by molar-refractivity contribution is 0.0713. The van der Waals surface area contributed by atoms with E-state index in [1.54, 1.807) is 30.3 Å². The topological polar surface area (TPSA) is 75.4 Å². The third kappa shape index (κ3) is 2.47. The zero-order valence-corrected chi connectivity index (χ0v) is 11.2. The normalized spacial score (nSPS) is 15.4. The number of aryl methyl sites for hydroxylation is 1. The van der Waals surface area contributed by atoms with E-state index in [1.165, 1.54) is 6.20 Å². The zero-order valence-electron chi connectivity index (χ0n) is 11.2. The second-order valence-corrected chi connectivity index (χ2v) is 4.57. The fourth-order valence-electron chi connectivity index (χ4n) is 2.18. The van der Waals surface area contributed by atoms with Gasteiger partial charge in [0.2, 0.25) is 11.7 Å². The fourth-order valence-corrected chi connectivity index (χ4v) is 2.18. The van der Waals surface area contributed by atoms with Gasteiger partial charge in [0, 0.05) is 45.5 Å². The number of hydrogen-bond donors (Lipinski definition) is 0. The van der Waals surface area contributed by atoms with Gasteiger partial charge >= 0.3 is 0 Å². The summed E-state index contributed by atoms with van der Waals surface area (Å²) in [5, 5.41) is 0. The van der Waals surface area contributed by atoms with Crippen molar-refractivity contribution in [2.75, 3.05) is 31.1 Å². The maximum absolute atomic E-state index is 12.2. The number of piperazine rings is 1. The molecule has 3 rings (SSSR count). The highest BCUT2D eigenvalue weighted by Crippen LogP contribution is 2.13. The van der Waals surface area contributed by atoms with Crippen LogP contribution in [0, 0.1) is 6.92 Å². The molecule has 0 N–H and O–H groups in total. The van der Waals surface area contributed by atoms with Crippen LogP contribution in [0.1, 0.15) is 16.4 Å². The second-order valence-electron chi connectivity index (χ2n) is 4.57. The average Bonchev–Trinajstić information content (AvgIpc) is 2.94. The van der Waals surface area contributed by atoms with Crippen molar-refractivity contribution in [2.24, 2.45) is 0 Å². The van der Waals surface area contributed by atoms with Gasteiger partial charge in [-0.3, -0.25) is 4.79 Å². The first kappa shape index (κ1) is 12.6. The van der Waals surface area contributed by atoms with Crippen LogP contribution in [0.5, 0.6) is 0 Å². The average molecular weight is 273 g/mol. The minimum absolute atomic E-state index is 0.112. The first-order valence-electron chi connectivity index (χ1n) is 6.48. The van der Waals surface area contributed by atoms with Crippen LogP contribution in [0.4, 0.5) is 5.95 Å². The first-order valence-corrected chi connectivity index (χ1v) is 6.48. The number of amides is 1. The van der Waals surface area contributed by atoms with Crippen LogP contribution in [0.3, 0.4) is 0 Å². The molecule has 0 atom stereocenters. The Hall–Kier alpha value is -2.44. The molecule has 0 aliphatic carbocycles. The summed E-state index contributed by atoms with van der Waals surface area (Å²) in [6.07, 6.45) is 4.92. The van der Waals surface area contributed by atoms with Crippen molar-refractivity contribution in [3.8, 4) is 0 Å². The Morgan fingerprint density at radius 2 is 1.85 bits per heavy atom. The Balaban J connectivity index is 1.63. The molecule has 0 bridgehead atoms. The summed E-state index contributed by atoms with van der Waals surface area (Å²) >= 11 is 0. The van der Waals surface area contributed by atoms with Gasteiger partial charge in [0.15, 0.2) is 5.89 Å². The molecule has 20 heavy (non-hydrogen) atoms. The monoisotopic (exact) mass is 273 g/mol. The Morgan fingerprint density at radius 1 is 1.15 bits per heavy atom. The molecular weight excluding hydrogens is 258 g/mol. The molecule has 2 aromatic heterocycles. The summed E-state index contributed by atoms with van der Waals surface area (Å²) in [4.78, 5) is 28.4. The first-order chi connectivity index (χ1) is 9.74. The Labute approximate surface area is 116 Å². The molecule has 3 heterocycles. The molecule has 7 nitrogen and oxygen atoms in total. The van der Waals surface area contributed by atoms with Gasteiger partial charge in [0.25, 0.3) is 5.91 Å². The predicted octanol–water partition coefficient (Wildman–Crippen LogP) is 0.735. The van der Waals surface area contributed by atoms with Gasteiger partial charge in [-0.1, -0.05) is 0 Å². The molecule has 7 heteroatoms. The van der Waals surface area contributed by atoms with Gasteiger partial charge in [-0.15, -0.1) is 0 Å². The number of hydrogen-bond acceptors (Lipinski definition) is 6. The molecule has 0 aromatic carbocycles. The van der Waals surface area contributed by atoms with Gasteiger partial charge in [-0.25, -0.2) is 15.0 Å². The van der Waals surface area contributed by atoms with E-state index in [9.17, 15) is 4.79 Å². The number of carbonyl (C=O) groups excluding carboxylic acids is 1. The number of carbonyl (C=O) groups is 1. The van der Waals surface area contributed by atoms with Crippen LogP contribution in [0.2, 0.25) is 0 Å². The maximum Gasteiger partial charge on any atom is 0.291 e. The van der Waals surface area contributed by atoms with Crippen LogP contribution in [0.15, 0.2) is 29.1 Å². The number of oxazole rings is 1. The predicted molar refractivity (Wildman–Crippen MR) is 71.4 cm³/mol. The Morgan fingerprint density at radius 3 is 2.45 bits per heavy atom. The van der Waals surface area contributed by atoms with E-state index in [-0.39, 0.29) is 5.91 Å². The summed E-state index contributed by atoms with van der Waals surface area (Å²) in [6, 6.07) is 1.79. The van der Waals surface area contributed by atoms with Crippen LogP contribution in [-0.2, 0) is 0 Å². The van der Waals surface area contributed by atoms with E-state index in [0.717, 1.165) is 0 Å². The van der Waals surface area contributed by atoms with Gasteiger partial charge in [-0.05, 0) is 6.07 Å². The van der Waals surface area contributed by atoms with E-state index in [1.807, 2.05) is 0 Å². The lowest BCUT2D eigenvalue weighted by Crippen LogP contribution is -2.49. The summed E-state index contributed by atoms with van der Waals surface area (Å²) in [5.74, 6) is 1.39. The molecule has 0 saturated carbocycles. The molecule has 1 aliphatic rings. The molecule has 1 aliphatic heterocycles. The molecule has 0 radical (unpaired) electrons. The minimum atomic E-state index is -0.112. The third-order valence-electron chi connectivity index (χ3n) is 3.23. The molecule has 104 valence electrons. The van der Waals surface area contributed by atoms with Crippen molar-refractivity contribution in [1.29, 1.82) is 0 Å². The van der Waals surface area contributed by atoms with Crippen molar-refractivity contribution < 1.29 is 9.21 Å². The summed E-state index contributed by atoms with van der Waals surface area (Å²) in [6.45, 7) is 4.39. The van der Waals surface area contributed by atoms with Gasteiger partial charge in [0.05, 0.1) is 6.20 Å². The van der Waals surface area contributed by atoms with Gasteiger partial charge in [0.1, 0.15) is 0 Å². The lowest BCUT2D eigenvalue weighted by Gasteiger charge is -2.34. The zero-order chi connectivity index (χ0) is 13.9. The number of nitrogens with zero attached hydrogens (tertiary/aromatic N) is 5. The molecule has 2 aromatic rings. The third-order valence-corrected chi connectivity index (χ3v) is 3.23. The number of aromatic nitrogens is 3. The van der Waals surface area contributed by atoms with Crippen LogP contribution >= 0.6 is 0 Å². The maximum atomic E-state index is 12.2. The number of anilines is 1. The molecular formula is C13H15N5O2. The fraction of sp³-hybridized carbons (Fsp3) is 0.385. The molecule has 0 spiro atoms. The highest BCUT2D eigenvalue weighted by atomic mass is 16.4. The van der Waals surface area contributed by atoms with E-state index in [0.29, 0.717) is 43.8 Å². The standard InChI is InChI=1S/C13H15N5O2/c1-10-16-9-11(20-10)12(19)17-5-7-18(8-6-17)13-14-3-2-4-15-13/h2-4,9H,5-8H2,1H3. The van der Waals surface area contributed by atoms with Crippen molar-refractivity contribution in [2.45, 2.75) is 6.92 Å². The summed E-state index contributed by atoms with van der Waals surface area (Å²) in [7, 11) is 0. The smallest absolute Gasteiger partial charge is 0.291 e. The molecule has 0 unspecified atom stereocenters. The second kappa shape index (κ2) is 5.28. The van der Waals surface area contributed by atoms with Crippen molar-refractivity contribution in [3.05, 3.63) is 36.3 Å². The summed E-state index contributed by atoms with van der Waals surface area (Å²) < 4.78 is 5.27.